The summed E-state index contributed by atoms with van der Waals surface area (Å²) in [6.45, 7) is 1.55. The van der Waals surface area contributed by atoms with Gasteiger partial charge in [-0.25, -0.2) is 0 Å². The van der Waals surface area contributed by atoms with Crippen molar-refractivity contribution in [3.05, 3.63) is 64.3 Å². The predicted molar refractivity (Wildman–Crippen MR) is 103 cm³/mol. The normalized spacial score (nSPS) is 10.7. The fourth-order valence-electron chi connectivity index (χ4n) is 2.67. The molecule has 1 amide bonds. The molecule has 3 aromatic rings. The molecule has 0 bridgehead atoms. The Bertz CT molecular complexity index is 982. The number of aryl methyl sites for hydroxylation is 1. The number of ether oxygens (including phenoxy) is 1. The topological polar surface area (TPSA) is 60.3 Å². The lowest BCUT2D eigenvalue weighted by Gasteiger charge is -2.10. The summed E-state index contributed by atoms with van der Waals surface area (Å²) in [4.78, 5) is 24.1. The Labute approximate surface area is 160 Å². The monoisotopic (exact) mass is 390 g/mol. The van der Waals surface area contributed by atoms with Gasteiger partial charge in [-0.05, 0) is 36.6 Å². The van der Waals surface area contributed by atoms with Gasteiger partial charge in [-0.3, -0.25) is 9.59 Å². The highest BCUT2D eigenvalue weighted by Crippen LogP contribution is 2.29. The molecule has 134 valence electrons. The fourth-order valence-corrected chi connectivity index (χ4v) is 3.01. The highest BCUT2D eigenvalue weighted by molar-refractivity contribution is 6.44. The molecule has 0 fully saturated rings. The smallest absolute Gasteiger partial charge is 0.326 e. The van der Waals surface area contributed by atoms with Gasteiger partial charge < -0.3 is 14.6 Å². The number of hydrogen-bond donors (Lipinski definition) is 1. The summed E-state index contributed by atoms with van der Waals surface area (Å²) in [5.74, 6) is -0.988. The first-order valence-corrected chi connectivity index (χ1v) is 8.65. The summed E-state index contributed by atoms with van der Waals surface area (Å²) in [5.41, 5.74) is 2.25. The summed E-state index contributed by atoms with van der Waals surface area (Å²) in [6.07, 6.45) is 0. The van der Waals surface area contributed by atoms with Gasteiger partial charge in [0.2, 0.25) is 0 Å². The van der Waals surface area contributed by atoms with Crippen LogP contribution in [0.25, 0.3) is 10.9 Å². The lowest BCUT2D eigenvalue weighted by atomic mass is 10.2. The van der Waals surface area contributed by atoms with E-state index in [1.54, 1.807) is 18.2 Å². The standard InChI is InChI=1S/C19H16Cl2N2O3/c1-12-9-13-5-2-3-8-16(13)23(12)10-18(25)26-11-17(24)22-15-7-4-6-14(20)19(15)21/h2-9H,10-11H2,1H3,(H,22,24). The van der Waals surface area contributed by atoms with Gasteiger partial charge in [-0.1, -0.05) is 47.5 Å². The van der Waals surface area contributed by atoms with Crippen LogP contribution in [0.4, 0.5) is 5.69 Å². The number of aromatic nitrogens is 1. The molecule has 7 heteroatoms. The van der Waals surface area contributed by atoms with Crippen LogP contribution in [0.2, 0.25) is 10.0 Å². The molecule has 1 heterocycles. The van der Waals surface area contributed by atoms with Crippen molar-refractivity contribution in [2.75, 3.05) is 11.9 Å². The van der Waals surface area contributed by atoms with E-state index in [-0.39, 0.29) is 11.6 Å². The van der Waals surface area contributed by atoms with Gasteiger partial charge >= 0.3 is 5.97 Å². The second-order valence-electron chi connectivity index (χ2n) is 5.74. The quantitative estimate of drug-likeness (QED) is 0.655. The maximum atomic E-state index is 12.1. The van der Waals surface area contributed by atoms with Crippen molar-refractivity contribution in [1.82, 2.24) is 4.57 Å². The third kappa shape index (κ3) is 4.00. The molecule has 0 spiro atoms. The van der Waals surface area contributed by atoms with E-state index in [1.807, 2.05) is 41.8 Å². The molecule has 3 rings (SSSR count). The highest BCUT2D eigenvalue weighted by atomic mass is 35.5. The number of carbonyl (C=O) groups is 2. The van der Waals surface area contributed by atoms with Crippen LogP contribution in [-0.4, -0.2) is 23.1 Å². The van der Waals surface area contributed by atoms with E-state index < -0.39 is 18.5 Å². The zero-order valence-corrected chi connectivity index (χ0v) is 15.5. The number of nitrogens with zero attached hydrogens (tertiary/aromatic N) is 1. The van der Waals surface area contributed by atoms with Gasteiger partial charge in [0.15, 0.2) is 6.61 Å². The predicted octanol–water partition coefficient (Wildman–Crippen LogP) is 4.44. The number of hydrogen-bond acceptors (Lipinski definition) is 3. The van der Waals surface area contributed by atoms with Crippen LogP contribution >= 0.6 is 23.2 Å². The number of carbonyl (C=O) groups excluding carboxylic acids is 2. The second-order valence-corrected chi connectivity index (χ2v) is 6.53. The zero-order chi connectivity index (χ0) is 18.7. The van der Waals surface area contributed by atoms with Crippen LogP contribution in [-0.2, 0) is 20.9 Å². The molecule has 0 saturated carbocycles. The minimum atomic E-state index is -0.498. The van der Waals surface area contributed by atoms with Gasteiger partial charge in [-0.2, -0.15) is 0 Å². The summed E-state index contributed by atoms with van der Waals surface area (Å²) in [5, 5.41) is 4.18. The Morgan fingerprint density at radius 3 is 2.69 bits per heavy atom. The van der Waals surface area contributed by atoms with Crippen LogP contribution in [0.15, 0.2) is 48.5 Å². The molecule has 0 unspecified atom stereocenters. The highest BCUT2D eigenvalue weighted by Gasteiger charge is 2.13. The summed E-state index contributed by atoms with van der Waals surface area (Å²) in [7, 11) is 0. The molecule has 0 saturated heterocycles. The summed E-state index contributed by atoms with van der Waals surface area (Å²) >= 11 is 11.9. The molecular formula is C19H16Cl2N2O3. The van der Waals surface area contributed by atoms with Crippen LogP contribution in [0.1, 0.15) is 5.69 Å². The number of fused-ring (bicyclic) bond motifs is 1. The van der Waals surface area contributed by atoms with Crippen LogP contribution in [0.5, 0.6) is 0 Å². The molecule has 1 N–H and O–H groups in total. The van der Waals surface area contributed by atoms with Crippen LogP contribution in [0.3, 0.4) is 0 Å². The summed E-state index contributed by atoms with van der Waals surface area (Å²) < 4.78 is 6.93. The fraction of sp³-hybridized carbons (Fsp3) is 0.158. The van der Waals surface area contributed by atoms with E-state index in [4.69, 9.17) is 27.9 Å². The van der Waals surface area contributed by atoms with E-state index in [9.17, 15) is 9.59 Å². The summed E-state index contributed by atoms with van der Waals surface area (Å²) in [6, 6.07) is 14.6. The molecule has 0 aliphatic rings. The van der Waals surface area contributed by atoms with Gasteiger partial charge in [0.05, 0.1) is 15.7 Å². The molecular weight excluding hydrogens is 375 g/mol. The Balaban J connectivity index is 1.59. The first-order chi connectivity index (χ1) is 12.5. The molecule has 0 radical (unpaired) electrons. The number of para-hydroxylation sites is 1. The maximum Gasteiger partial charge on any atom is 0.326 e. The molecule has 5 nitrogen and oxygen atoms in total. The number of benzene rings is 2. The van der Waals surface area contributed by atoms with Gasteiger partial charge in [0.25, 0.3) is 5.91 Å². The first-order valence-electron chi connectivity index (χ1n) is 7.90. The minimum absolute atomic E-state index is 0.0323. The molecule has 2 aromatic carbocycles. The third-order valence-corrected chi connectivity index (χ3v) is 4.71. The van der Waals surface area contributed by atoms with Crippen molar-refractivity contribution in [3.8, 4) is 0 Å². The van der Waals surface area contributed by atoms with E-state index in [2.05, 4.69) is 5.32 Å². The Kier molecular flexibility index (Phi) is 5.49. The van der Waals surface area contributed by atoms with Crippen LogP contribution in [0, 0.1) is 6.92 Å². The lowest BCUT2D eigenvalue weighted by molar-refractivity contribution is -0.147. The molecule has 0 aliphatic heterocycles. The lowest BCUT2D eigenvalue weighted by Crippen LogP contribution is -2.23. The molecule has 0 atom stereocenters. The van der Waals surface area contributed by atoms with Crippen LogP contribution < -0.4 is 5.32 Å². The van der Waals surface area contributed by atoms with Gasteiger partial charge in [0.1, 0.15) is 6.54 Å². The van der Waals surface area contributed by atoms with E-state index >= 15 is 0 Å². The second kappa shape index (κ2) is 7.81. The number of amides is 1. The largest absolute Gasteiger partial charge is 0.454 e. The van der Waals surface area contributed by atoms with E-state index in [0.29, 0.717) is 10.7 Å². The van der Waals surface area contributed by atoms with Crippen molar-refractivity contribution >= 4 is 51.7 Å². The number of esters is 1. The van der Waals surface area contributed by atoms with Crippen molar-refractivity contribution in [3.63, 3.8) is 0 Å². The minimum Gasteiger partial charge on any atom is -0.454 e. The number of rotatable bonds is 5. The number of anilines is 1. The number of nitrogens with one attached hydrogen (secondary N) is 1. The SMILES string of the molecule is Cc1cc2ccccc2n1CC(=O)OCC(=O)Nc1cccc(Cl)c1Cl. The van der Waals surface area contributed by atoms with Gasteiger partial charge in [-0.15, -0.1) is 0 Å². The van der Waals surface area contributed by atoms with Crippen molar-refractivity contribution < 1.29 is 14.3 Å². The maximum absolute atomic E-state index is 12.1. The Morgan fingerprint density at radius 1 is 1.12 bits per heavy atom. The Hall–Kier alpha value is -2.50. The average Bonchev–Trinajstić information content (AvgIpc) is 2.93. The zero-order valence-electron chi connectivity index (χ0n) is 14.0. The molecule has 26 heavy (non-hydrogen) atoms. The average molecular weight is 391 g/mol. The van der Waals surface area contributed by atoms with E-state index in [0.717, 1.165) is 16.6 Å². The molecule has 1 aromatic heterocycles. The third-order valence-electron chi connectivity index (χ3n) is 3.89. The Morgan fingerprint density at radius 2 is 1.88 bits per heavy atom. The van der Waals surface area contributed by atoms with Crippen molar-refractivity contribution in [2.45, 2.75) is 13.5 Å². The van der Waals surface area contributed by atoms with Crippen molar-refractivity contribution in [2.24, 2.45) is 0 Å². The van der Waals surface area contributed by atoms with E-state index in [1.165, 1.54) is 0 Å². The van der Waals surface area contributed by atoms with Crippen molar-refractivity contribution in [1.29, 1.82) is 0 Å². The molecule has 0 aliphatic carbocycles. The number of halogens is 2. The van der Waals surface area contributed by atoms with Gasteiger partial charge in [0, 0.05) is 11.2 Å². The first kappa shape index (κ1) is 18.3.